The number of alkyl halides is 2. The molecule has 1 aromatic carbocycles. The molecule has 1 aromatic heterocycles. The number of halogens is 2. The maximum Gasteiger partial charge on any atom is 0.287 e. The summed E-state index contributed by atoms with van der Waals surface area (Å²) in [5.74, 6) is -6.36. The minimum atomic E-state index is -4.16. The van der Waals surface area contributed by atoms with Crippen molar-refractivity contribution in [2.24, 2.45) is 16.6 Å². The Bertz CT molecular complexity index is 2020. The molecule has 2 aliphatic heterocycles. The van der Waals surface area contributed by atoms with E-state index in [1.54, 1.807) is 25.6 Å². The van der Waals surface area contributed by atoms with Crippen LogP contribution in [-0.4, -0.2) is 110 Å². The lowest BCUT2D eigenvalue weighted by atomic mass is 9.85. The maximum absolute atomic E-state index is 14.8. The molecule has 6 rings (SSSR count). The van der Waals surface area contributed by atoms with Gasteiger partial charge in [-0.1, -0.05) is 37.3 Å². The predicted octanol–water partition coefficient (Wildman–Crippen LogP) is 2.41. The highest BCUT2D eigenvalue weighted by Crippen LogP contribution is 2.38. The van der Waals surface area contributed by atoms with Gasteiger partial charge in [-0.25, -0.2) is 31.6 Å². The van der Waals surface area contributed by atoms with Crippen molar-refractivity contribution >= 4 is 56.9 Å². The van der Waals surface area contributed by atoms with Crippen molar-refractivity contribution in [3.63, 3.8) is 0 Å². The molecule has 5 N–H and O–H groups in total. The highest BCUT2D eigenvalue weighted by molar-refractivity contribution is 7.99. The molecule has 4 fully saturated rings. The van der Waals surface area contributed by atoms with E-state index in [0.29, 0.717) is 17.2 Å². The molecule has 4 aliphatic rings. The third-order valence-electron chi connectivity index (χ3n) is 11.3. The Morgan fingerprint density at radius 1 is 1.05 bits per heavy atom. The minimum Gasteiger partial charge on any atom is -0.384 e. The lowest BCUT2D eigenvalue weighted by molar-refractivity contribution is -0.143. The van der Waals surface area contributed by atoms with Crippen molar-refractivity contribution in [3.8, 4) is 0 Å². The first-order valence-corrected chi connectivity index (χ1v) is 21.7. The molecule has 2 saturated carbocycles. The third-order valence-corrected chi connectivity index (χ3v) is 13.8. The number of hydrogen-bond donors (Lipinski definition) is 4. The second kappa shape index (κ2) is 16.6. The van der Waals surface area contributed by atoms with E-state index in [-0.39, 0.29) is 54.3 Å². The molecule has 0 bridgehead atoms. The van der Waals surface area contributed by atoms with E-state index in [0.717, 1.165) is 44.2 Å². The van der Waals surface area contributed by atoms with Gasteiger partial charge in [-0.05, 0) is 74.8 Å². The lowest BCUT2D eigenvalue weighted by Crippen LogP contribution is -2.63. The van der Waals surface area contributed by atoms with Gasteiger partial charge in [0, 0.05) is 37.4 Å². The molecule has 310 valence electrons. The van der Waals surface area contributed by atoms with Crippen LogP contribution < -0.4 is 15.8 Å². The van der Waals surface area contributed by atoms with Gasteiger partial charge in [-0.3, -0.25) is 24.0 Å². The molecular formula is C37H48F2N8O8S2. The Morgan fingerprint density at radius 2 is 1.70 bits per heavy atom. The van der Waals surface area contributed by atoms with Gasteiger partial charge in [-0.2, -0.15) is 11.8 Å². The zero-order chi connectivity index (χ0) is 41.3. The van der Waals surface area contributed by atoms with Crippen molar-refractivity contribution in [1.29, 1.82) is 0 Å². The van der Waals surface area contributed by atoms with E-state index in [1.165, 1.54) is 27.9 Å². The van der Waals surface area contributed by atoms with Gasteiger partial charge in [0.15, 0.2) is 0 Å². The lowest BCUT2D eigenvalue weighted by Gasteiger charge is -2.37. The summed E-state index contributed by atoms with van der Waals surface area (Å²) in [6.45, 7) is 2.97. The summed E-state index contributed by atoms with van der Waals surface area (Å²) in [6.07, 6.45) is 4.97. The van der Waals surface area contributed by atoms with Crippen LogP contribution in [-0.2, 0) is 34.8 Å². The Morgan fingerprint density at radius 3 is 2.30 bits per heavy atom. The summed E-state index contributed by atoms with van der Waals surface area (Å²) in [5.41, 5.74) is 2.63. The normalized spacial score (nSPS) is 23.1. The zero-order valence-corrected chi connectivity index (χ0v) is 33.4. The number of carbonyl (C=O) groups is 5. The molecule has 2 aliphatic carbocycles. The number of rotatable bonds is 13. The number of carbonyl (C=O) groups excluding carboxylic acids is 5. The van der Waals surface area contributed by atoms with Crippen molar-refractivity contribution in [3.05, 3.63) is 41.7 Å². The highest BCUT2D eigenvalue weighted by atomic mass is 32.2. The van der Waals surface area contributed by atoms with Crippen LogP contribution in [0.2, 0.25) is 0 Å². The smallest absolute Gasteiger partial charge is 0.287 e. The van der Waals surface area contributed by atoms with Gasteiger partial charge in [0.1, 0.15) is 22.9 Å². The summed E-state index contributed by atoms with van der Waals surface area (Å²) in [6, 6.07) is 1.93. The van der Waals surface area contributed by atoms with Gasteiger partial charge in [0.2, 0.25) is 21.7 Å². The fourth-order valence-corrected chi connectivity index (χ4v) is 10.5. The highest BCUT2D eigenvalue weighted by Gasteiger charge is 2.49. The van der Waals surface area contributed by atoms with E-state index >= 15 is 0 Å². The van der Waals surface area contributed by atoms with E-state index in [1.807, 2.05) is 0 Å². The number of benzene rings is 1. The topological polar surface area (TPSA) is 236 Å². The summed E-state index contributed by atoms with van der Waals surface area (Å²) >= 11 is 1.56. The van der Waals surface area contributed by atoms with Crippen LogP contribution in [0.1, 0.15) is 107 Å². The fraction of sp³-hybridized carbons (Fsp3) is 0.622. The van der Waals surface area contributed by atoms with Crippen molar-refractivity contribution in [1.82, 2.24) is 29.9 Å². The van der Waals surface area contributed by atoms with Crippen LogP contribution in [0.3, 0.4) is 0 Å². The minimum absolute atomic E-state index is 0.00528. The van der Waals surface area contributed by atoms with Crippen LogP contribution >= 0.6 is 11.8 Å². The van der Waals surface area contributed by atoms with Crippen LogP contribution in [0.5, 0.6) is 0 Å². The molecule has 0 radical (unpaired) electrons. The molecule has 16 nitrogen and oxygen atoms in total. The second-order valence-corrected chi connectivity index (χ2v) is 19.0. The summed E-state index contributed by atoms with van der Waals surface area (Å²) < 4.78 is 56.0. The SMILES string of the molecule is CC(C)(O)c1cnnn1[C@H]1C[C@@H](C(=O)NC2(C(=O)C(N)=O)CCSCC2)N(C(=O)/C(CC2CCCCC2)=N/C(=O)c2ccc(S(=O)(=O)NC3CC(F)(F)C3)cc2)C1. The Labute approximate surface area is 333 Å². The molecule has 2 atom stereocenters. The number of aromatic nitrogens is 3. The number of aliphatic hydroxyl groups is 1. The van der Waals surface area contributed by atoms with Crippen LogP contribution in [0.15, 0.2) is 40.4 Å². The monoisotopic (exact) mass is 834 g/mol. The van der Waals surface area contributed by atoms with E-state index in [9.17, 15) is 46.3 Å². The number of primary amides is 1. The molecule has 57 heavy (non-hydrogen) atoms. The fourth-order valence-electron chi connectivity index (χ4n) is 8.11. The van der Waals surface area contributed by atoms with E-state index in [2.05, 4.69) is 25.3 Å². The molecule has 2 aromatic rings. The zero-order valence-electron chi connectivity index (χ0n) is 31.8. The van der Waals surface area contributed by atoms with Gasteiger partial charge in [0.25, 0.3) is 23.6 Å². The Kier molecular flexibility index (Phi) is 12.4. The maximum atomic E-state index is 14.8. The number of hydrogen-bond acceptors (Lipinski definition) is 11. The largest absolute Gasteiger partial charge is 0.384 e. The van der Waals surface area contributed by atoms with E-state index in [4.69, 9.17) is 5.73 Å². The average Bonchev–Trinajstić information content (AvgIpc) is 3.83. The van der Waals surface area contributed by atoms with E-state index < -0.39 is 87.5 Å². The molecule has 4 amide bonds. The number of thioether (sulfide) groups is 1. The first-order valence-electron chi connectivity index (χ1n) is 19.1. The number of nitrogens with one attached hydrogen (secondary N) is 2. The summed E-state index contributed by atoms with van der Waals surface area (Å²) in [4.78, 5) is 73.5. The number of ketones is 1. The third kappa shape index (κ3) is 9.60. The van der Waals surface area contributed by atoms with Crippen molar-refractivity contribution in [2.75, 3.05) is 18.1 Å². The second-order valence-electron chi connectivity index (χ2n) is 16.0. The first kappa shape index (κ1) is 42.5. The number of nitrogens with two attached hydrogens (primary N) is 1. The molecule has 0 spiro atoms. The summed E-state index contributed by atoms with van der Waals surface area (Å²) in [5, 5.41) is 21.8. The van der Waals surface area contributed by atoms with Crippen LogP contribution in [0.25, 0.3) is 0 Å². The van der Waals surface area contributed by atoms with Gasteiger partial charge in [0.05, 0.1) is 22.8 Å². The molecule has 2 saturated heterocycles. The molecular weight excluding hydrogens is 787 g/mol. The first-order chi connectivity index (χ1) is 26.8. The standard InChI is InChI=1S/C37H48F2N8O8S2/c1-35(2,53)29-20-41-45-47(29)25-17-28(33(51)43-36(30(48)31(40)49)12-14-56-15-13-36)46(21-25)34(52)27(16-22-6-4-3-5-7-22)42-32(50)23-8-10-26(11-9-23)57(54,55)44-24-18-37(38,39)19-24/h8-11,20,22,24-25,28,44,53H,3-7,12-19,21H2,1-2H3,(H2,40,49)(H,43,51)/b42-27+/t25-,28-/m0/s1. The number of likely N-dealkylation sites (tertiary alicyclic amines) is 1. The Hall–Kier alpha value is -4.14. The van der Waals surface area contributed by atoms with Crippen LogP contribution in [0.4, 0.5) is 8.78 Å². The molecule has 0 unspecified atom stereocenters. The number of amides is 4. The Balaban J connectivity index is 1.31. The van der Waals surface area contributed by atoms with Gasteiger partial charge < -0.3 is 21.1 Å². The number of Topliss-reactive ketones (excluding diaryl/α,β-unsaturated/α-hetero) is 1. The number of sulfonamides is 1. The van der Waals surface area contributed by atoms with Crippen LogP contribution in [0, 0.1) is 5.92 Å². The molecule has 20 heteroatoms. The van der Waals surface area contributed by atoms with Crippen molar-refractivity contribution in [2.45, 2.75) is 125 Å². The van der Waals surface area contributed by atoms with Gasteiger partial charge >= 0.3 is 0 Å². The predicted molar refractivity (Wildman–Crippen MR) is 204 cm³/mol. The van der Waals surface area contributed by atoms with Gasteiger partial charge in [-0.15, -0.1) is 5.10 Å². The number of nitrogens with zero attached hydrogens (tertiary/aromatic N) is 5. The number of aliphatic imine (C=N–C) groups is 1. The molecule has 3 heterocycles. The average molecular weight is 835 g/mol. The quantitative estimate of drug-likeness (QED) is 0.169. The summed E-state index contributed by atoms with van der Waals surface area (Å²) in [7, 11) is -4.16. The van der Waals surface area contributed by atoms with Crippen molar-refractivity contribution < 1.29 is 46.3 Å².